The predicted molar refractivity (Wildman–Crippen MR) is 61.9 cm³/mol. The van der Waals surface area contributed by atoms with Gasteiger partial charge in [0.25, 0.3) is 0 Å². The fourth-order valence-electron chi connectivity index (χ4n) is 1.92. The van der Waals surface area contributed by atoms with Crippen LogP contribution in [0.4, 0.5) is 5.69 Å². The average molecular weight is 201 g/mol. The van der Waals surface area contributed by atoms with Crippen LogP contribution in [0.5, 0.6) is 0 Å². The van der Waals surface area contributed by atoms with Crippen molar-refractivity contribution in [1.82, 2.24) is 0 Å². The van der Waals surface area contributed by atoms with Crippen LogP contribution in [0, 0.1) is 0 Å². The van der Waals surface area contributed by atoms with Gasteiger partial charge in [0.2, 0.25) is 0 Å². The molecule has 1 aromatic rings. The molecule has 1 aromatic carbocycles. The molecular weight excluding hydrogens is 186 g/mol. The van der Waals surface area contributed by atoms with E-state index < -0.39 is 0 Å². The summed E-state index contributed by atoms with van der Waals surface area (Å²) in [5.41, 5.74) is 1.97. The lowest BCUT2D eigenvalue weighted by molar-refractivity contribution is -0.105. The third-order valence-corrected chi connectivity index (χ3v) is 2.73. The number of hydrogen-bond acceptors (Lipinski definition) is 2. The topological polar surface area (TPSA) is 29.1 Å². The van der Waals surface area contributed by atoms with Crippen molar-refractivity contribution in [3.63, 3.8) is 0 Å². The summed E-state index contributed by atoms with van der Waals surface area (Å²) in [6, 6.07) is 10.2. The molecule has 0 heterocycles. The fourth-order valence-corrected chi connectivity index (χ4v) is 1.92. The number of rotatable bonds is 3. The molecule has 0 amide bonds. The Morgan fingerprint density at radius 1 is 1.27 bits per heavy atom. The van der Waals surface area contributed by atoms with Crippen LogP contribution in [-0.4, -0.2) is 12.3 Å². The number of allylic oxidation sites excluding steroid dienone is 1. The molecule has 0 aromatic heterocycles. The van der Waals surface area contributed by atoms with Crippen LogP contribution in [0.25, 0.3) is 0 Å². The molecule has 1 N–H and O–H groups in total. The number of hydrogen-bond donors (Lipinski definition) is 1. The minimum absolute atomic E-state index is 0.193. The molecule has 1 aliphatic rings. The standard InChI is InChI=1S/C13H15NO/c15-10-11-6-4-5-9-13(11)14-12-7-2-1-3-8-12/h1-3,6-8,10,13-14H,4-5,9H2. The van der Waals surface area contributed by atoms with Crippen LogP contribution in [0.2, 0.25) is 0 Å². The Bertz CT molecular complexity index is 356. The number of anilines is 1. The summed E-state index contributed by atoms with van der Waals surface area (Å²) in [7, 11) is 0. The van der Waals surface area contributed by atoms with E-state index in [-0.39, 0.29) is 6.04 Å². The minimum Gasteiger partial charge on any atom is -0.378 e. The summed E-state index contributed by atoms with van der Waals surface area (Å²) >= 11 is 0. The van der Waals surface area contributed by atoms with Gasteiger partial charge in [-0.25, -0.2) is 0 Å². The summed E-state index contributed by atoms with van der Waals surface area (Å²) < 4.78 is 0. The van der Waals surface area contributed by atoms with Gasteiger partial charge in [0.15, 0.2) is 0 Å². The van der Waals surface area contributed by atoms with Gasteiger partial charge in [0.05, 0.1) is 6.04 Å². The number of aldehydes is 1. The molecular formula is C13H15NO. The predicted octanol–water partition coefficient (Wildman–Crippen LogP) is 2.78. The molecule has 0 aliphatic heterocycles. The van der Waals surface area contributed by atoms with Gasteiger partial charge in [-0.15, -0.1) is 0 Å². The Kier molecular flexibility index (Phi) is 3.18. The molecule has 2 rings (SSSR count). The van der Waals surface area contributed by atoms with Crippen molar-refractivity contribution in [3.8, 4) is 0 Å². The Balaban J connectivity index is 2.08. The number of nitrogens with one attached hydrogen (secondary N) is 1. The van der Waals surface area contributed by atoms with Crippen molar-refractivity contribution < 1.29 is 4.79 Å². The van der Waals surface area contributed by atoms with Gasteiger partial charge in [-0.2, -0.15) is 0 Å². The number of carbonyl (C=O) groups excluding carboxylic acids is 1. The van der Waals surface area contributed by atoms with Crippen molar-refractivity contribution in [3.05, 3.63) is 42.0 Å². The molecule has 1 atom stereocenters. The number of para-hydroxylation sites is 1. The van der Waals surface area contributed by atoms with Crippen LogP contribution < -0.4 is 5.32 Å². The van der Waals surface area contributed by atoms with Crippen molar-refractivity contribution in [2.24, 2.45) is 0 Å². The molecule has 1 aliphatic carbocycles. The molecule has 0 radical (unpaired) electrons. The first-order valence-corrected chi connectivity index (χ1v) is 5.37. The van der Waals surface area contributed by atoms with E-state index in [4.69, 9.17) is 0 Å². The second-order valence-corrected chi connectivity index (χ2v) is 3.82. The van der Waals surface area contributed by atoms with Crippen LogP contribution in [0.3, 0.4) is 0 Å². The Labute approximate surface area is 90.0 Å². The first-order valence-electron chi connectivity index (χ1n) is 5.37. The molecule has 0 fully saturated rings. The van der Waals surface area contributed by atoms with Gasteiger partial charge < -0.3 is 5.32 Å². The zero-order valence-corrected chi connectivity index (χ0v) is 8.65. The summed E-state index contributed by atoms with van der Waals surface area (Å²) in [5, 5.41) is 3.38. The summed E-state index contributed by atoms with van der Waals surface area (Å²) in [5.74, 6) is 0. The third kappa shape index (κ3) is 2.46. The van der Waals surface area contributed by atoms with Crippen molar-refractivity contribution in [2.45, 2.75) is 25.3 Å². The lowest BCUT2D eigenvalue weighted by Crippen LogP contribution is -2.25. The van der Waals surface area contributed by atoms with Crippen LogP contribution in [-0.2, 0) is 4.79 Å². The first kappa shape index (κ1) is 9.97. The van der Waals surface area contributed by atoms with Gasteiger partial charge in [0.1, 0.15) is 6.29 Å². The lowest BCUT2D eigenvalue weighted by atomic mass is 9.95. The molecule has 1 unspecified atom stereocenters. The van der Waals surface area contributed by atoms with Crippen LogP contribution >= 0.6 is 0 Å². The van der Waals surface area contributed by atoms with E-state index in [2.05, 4.69) is 5.32 Å². The van der Waals surface area contributed by atoms with Gasteiger partial charge in [-0.1, -0.05) is 24.3 Å². The number of benzene rings is 1. The van der Waals surface area contributed by atoms with Crippen LogP contribution in [0.1, 0.15) is 19.3 Å². The van der Waals surface area contributed by atoms with Gasteiger partial charge in [-0.3, -0.25) is 4.79 Å². The molecule has 2 nitrogen and oxygen atoms in total. The third-order valence-electron chi connectivity index (χ3n) is 2.73. The molecule has 0 spiro atoms. The van der Waals surface area contributed by atoms with E-state index in [9.17, 15) is 4.79 Å². The monoisotopic (exact) mass is 201 g/mol. The van der Waals surface area contributed by atoms with E-state index in [1.807, 2.05) is 36.4 Å². The maximum atomic E-state index is 10.9. The summed E-state index contributed by atoms with van der Waals surface area (Å²) in [6.45, 7) is 0. The lowest BCUT2D eigenvalue weighted by Gasteiger charge is -2.23. The second kappa shape index (κ2) is 4.78. The first-order chi connectivity index (χ1) is 7.40. The average Bonchev–Trinajstić information content (AvgIpc) is 2.31. The second-order valence-electron chi connectivity index (χ2n) is 3.82. The molecule has 0 saturated heterocycles. The van der Waals surface area contributed by atoms with Gasteiger partial charge >= 0.3 is 0 Å². The Hall–Kier alpha value is -1.57. The SMILES string of the molecule is O=CC1=CCCCC1Nc1ccccc1. The van der Waals surface area contributed by atoms with E-state index in [1.54, 1.807) is 0 Å². The molecule has 2 heteroatoms. The van der Waals surface area contributed by atoms with Crippen molar-refractivity contribution >= 4 is 12.0 Å². The quantitative estimate of drug-likeness (QED) is 0.762. The molecule has 15 heavy (non-hydrogen) atoms. The minimum atomic E-state index is 0.193. The number of carbonyl (C=O) groups is 1. The van der Waals surface area contributed by atoms with Crippen molar-refractivity contribution in [1.29, 1.82) is 0 Å². The van der Waals surface area contributed by atoms with Crippen LogP contribution in [0.15, 0.2) is 42.0 Å². The maximum Gasteiger partial charge on any atom is 0.147 e. The molecule has 0 bridgehead atoms. The largest absolute Gasteiger partial charge is 0.378 e. The zero-order valence-electron chi connectivity index (χ0n) is 8.65. The highest BCUT2D eigenvalue weighted by atomic mass is 16.1. The maximum absolute atomic E-state index is 10.9. The normalized spacial score (nSPS) is 20.5. The Morgan fingerprint density at radius 3 is 2.80 bits per heavy atom. The van der Waals surface area contributed by atoms with Crippen molar-refractivity contribution in [2.75, 3.05) is 5.32 Å². The summed E-state index contributed by atoms with van der Waals surface area (Å²) in [6.07, 6.45) is 6.24. The summed E-state index contributed by atoms with van der Waals surface area (Å²) in [4.78, 5) is 10.9. The molecule has 0 saturated carbocycles. The van der Waals surface area contributed by atoms with E-state index >= 15 is 0 Å². The van der Waals surface area contributed by atoms with E-state index in [0.29, 0.717) is 0 Å². The van der Waals surface area contributed by atoms with E-state index in [1.165, 1.54) is 0 Å². The highest BCUT2D eigenvalue weighted by Gasteiger charge is 2.16. The highest BCUT2D eigenvalue weighted by Crippen LogP contribution is 2.20. The smallest absolute Gasteiger partial charge is 0.147 e. The van der Waals surface area contributed by atoms with Gasteiger partial charge in [0, 0.05) is 11.3 Å². The van der Waals surface area contributed by atoms with Gasteiger partial charge in [-0.05, 0) is 31.4 Å². The fraction of sp³-hybridized carbons (Fsp3) is 0.308. The Morgan fingerprint density at radius 2 is 2.07 bits per heavy atom. The zero-order chi connectivity index (χ0) is 10.5. The molecule has 78 valence electrons. The highest BCUT2D eigenvalue weighted by molar-refractivity contribution is 5.76. The van der Waals surface area contributed by atoms with E-state index in [0.717, 1.165) is 36.8 Å².